The topological polar surface area (TPSA) is 76.7 Å². The molecule has 0 bridgehead atoms. The summed E-state index contributed by atoms with van der Waals surface area (Å²) in [5.41, 5.74) is 6.86. The third-order valence-electron chi connectivity index (χ3n) is 3.37. The molecular formula is C18H20N2O4. The van der Waals surface area contributed by atoms with Gasteiger partial charge in [0.25, 0.3) is 11.8 Å². The number of ether oxygens (including phenoxy) is 2. The summed E-state index contributed by atoms with van der Waals surface area (Å²) in [6.45, 7) is 3.56. The van der Waals surface area contributed by atoms with Crippen LogP contribution in [0.15, 0.2) is 42.5 Å². The van der Waals surface area contributed by atoms with Gasteiger partial charge in [0.1, 0.15) is 11.5 Å². The Kier molecular flexibility index (Phi) is 5.78. The van der Waals surface area contributed by atoms with Crippen LogP contribution in [0.4, 0.5) is 0 Å². The minimum atomic E-state index is -0.460. The molecule has 2 aromatic carbocycles. The highest BCUT2D eigenvalue weighted by Gasteiger charge is 2.13. The molecule has 0 aliphatic rings. The number of carbonyl (C=O) groups is 2. The molecule has 0 unspecified atom stereocenters. The van der Waals surface area contributed by atoms with Gasteiger partial charge in [-0.05, 0) is 37.6 Å². The van der Waals surface area contributed by atoms with Gasteiger partial charge >= 0.3 is 0 Å². The molecule has 0 atom stereocenters. The van der Waals surface area contributed by atoms with Crippen molar-refractivity contribution in [3.05, 3.63) is 59.2 Å². The molecule has 6 nitrogen and oxygen atoms in total. The van der Waals surface area contributed by atoms with E-state index in [0.717, 1.165) is 11.1 Å². The van der Waals surface area contributed by atoms with E-state index in [4.69, 9.17) is 9.47 Å². The van der Waals surface area contributed by atoms with Crippen molar-refractivity contribution in [3.63, 3.8) is 0 Å². The molecule has 6 heteroatoms. The fourth-order valence-electron chi connectivity index (χ4n) is 2.09. The lowest BCUT2D eigenvalue weighted by Crippen LogP contribution is -2.44. The smallest absolute Gasteiger partial charge is 0.276 e. The Hall–Kier alpha value is -3.02. The molecule has 0 spiro atoms. The molecule has 0 fully saturated rings. The van der Waals surface area contributed by atoms with E-state index in [2.05, 4.69) is 10.9 Å². The first-order valence-electron chi connectivity index (χ1n) is 7.43. The van der Waals surface area contributed by atoms with E-state index in [0.29, 0.717) is 17.1 Å². The number of nitrogens with one attached hydrogen (secondary N) is 2. The van der Waals surface area contributed by atoms with Gasteiger partial charge in [0.05, 0.1) is 12.7 Å². The lowest BCUT2D eigenvalue weighted by atomic mass is 10.1. The Morgan fingerprint density at radius 1 is 1.00 bits per heavy atom. The minimum Gasteiger partial charge on any atom is -0.496 e. The van der Waals surface area contributed by atoms with E-state index in [1.165, 1.54) is 7.11 Å². The third kappa shape index (κ3) is 4.49. The Bertz CT molecular complexity index is 744. The monoisotopic (exact) mass is 328 g/mol. The number of amides is 2. The molecule has 126 valence electrons. The summed E-state index contributed by atoms with van der Waals surface area (Å²) in [6.07, 6.45) is 0. The number of hydrogen-bond acceptors (Lipinski definition) is 4. The molecule has 0 saturated heterocycles. The molecule has 2 aromatic rings. The first-order chi connectivity index (χ1) is 11.5. The summed E-state index contributed by atoms with van der Waals surface area (Å²) in [7, 11) is 1.48. The zero-order chi connectivity index (χ0) is 17.5. The number of para-hydroxylation sites is 1. The highest BCUT2D eigenvalue weighted by Crippen LogP contribution is 2.19. The van der Waals surface area contributed by atoms with Crippen LogP contribution in [0.25, 0.3) is 0 Å². The number of benzene rings is 2. The maximum absolute atomic E-state index is 12.2. The summed E-state index contributed by atoms with van der Waals surface area (Å²) in [5, 5.41) is 0. The SMILES string of the molecule is COc1ccc(C)cc1C(=O)NNC(=O)COc1ccccc1C. The lowest BCUT2D eigenvalue weighted by molar-refractivity contribution is -0.123. The summed E-state index contributed by atoms with van der Waals surface area (Å²) in [6, 6.07) is 12.6. The molecule has 0 radical (unpaired) electrons. The van der Waals surface area contributed by atoms with Gasteiger partial charge in [-0.15, -0.1) is 0 Å². The van der Waals surface area contributed by atoms with Crippen molar-refractivity contribution in [2.75, 3.05) is 13.7 Å². The quantitative estimate of drug-likeness (QED) is 0.825. The number of hydrazine groups is 1. The van der Waals surface area contributed by atoms with E-state index < -0.39 is 11.8 Å². The van der Waals surface area contributed by atoms with E-state index >= 15 is 0 Å². The molecule has 2 rings (SSSR count). The van der Waals surface area contributed by atoms with E-state index in [1.54, 1.807) is 18.2 Å². The molecule has 24 heavy (non-hydrogen) atoms. The second-order valence-corrected chi connectivity index (χ2v) is 5.26. The predicted octanol–water partition coefficient (Wildman–Crippen LogP) is 2.15. The Labute approximate surface area is 140 Å². The number of hydrogen-bond donors (Lipinski definition) is 2. The van der Waals surface area contributed by atoms with E-state index in [9.17, 15) is 9.59 Å². The third-order valence-corrected chi connectivity index (χ3v) is 3.37. The number of carbonyl (C=O) groups excluding carboxylic acids is 2. The Morgan fingerprint density at radius 2 is 1.75 bits per heavy atom. The van der Waals surface area contributed by atoms with Crippen LogP contribution in [0.1, 0.15) is 21.5 Å². The number of methoxy groups -OCH3 is 1. The molecule has 2 amide bonds. The minimum absolute atomic E-state index is 0.198. The van der Waals surface area contributed by atoms with Gasteiger partial charge in [0, 0.05) is 0 Å². The van der Waals surface area contributed by atoms with E-state index in [1.807, 2.05) is 38.1 Å². The predicted molar refractivity (Wildman–Crippen MR) is 90.0 cm³/mol. The second-order valence-electron chi connectivity index (χ2n) is 5.26. The molecule has 0 saturated carbocycles. The van der Waals surface area contributed by atoms with Crippen LogP contribution in [0.5, 0.6) is 11.5 Å². The molecule has 2 N–H and O–H groups in total. The van der Waals surface area contributed by atoms with Crippen molar-refractivity contribution in [1.82, 2.24) is 10.9 Å². The highest BCUT2D eigenvalue weighted by atomic mass is 16.5. The maximum Gasteiger partial charge on any atom is 0.276 e. The second kappa shape index (κ2) is 8.01. The van der Waals surface area contributed by atoms with Gasteiger partial charge in [-0.2, -0.15) is 0 Å². The van der Waals surface area contributed by atoms with Crippen LogP contribution in [0.2, 0.25) is 0 Å². The van der Waals surface area contributed by atoms with Gasteiger partial charge in [0.2, 0.25) is 0 Å². The summed E-state index contributed by atoms with van der Waals surface area (Å²) >= 11 is 0. The summed E-state index contributed by atoms with van der Waals surface area (Å²) in [5.74, 6) is 0.140. The Morgan fingerprint density at radius 3 is 2.46 bits per heavy atom. The average molecular weight is 328 g/mol. The van der Waals surface area contributed by atoms with Gasteiger partial charge < -0.3 is 9.47 Å². The Balaban J connectivity index is 1.89. The lowest BCUT2D eigenvalue weighted by Gasteiger charge is -2.12. The number of rotatable bonds is 5. The fourth-order valence-corrected chi connectivity index (χ4v) is 2.09. The number of aryl methyl sites for hydroxylation is 2. The first-order valence-corrected chi connectivity index (χ1v) is 7.43. The van der Waals surface area contributed by atoms with Gasteiger partial charge in [0.15, 0.2) is 6.61 Å². The first kappa shape index (κ1) is 17.3. The van der Waals surface area contributed by atoms with Crippen LogP contribution in [0.3, 0.4) is 0 Å². The van der Waals surface area contributed by atoms with Crippen LogP contribution in [-0.4, -0.2) is 25.5 Å². The molecule has 0 aliphatic carbocycles. The largest absolute Gasteiger partial charge is 0.496 e. The standard InChI is InChI=1S/C18H20N2O4/c1-12-8-9-16(23-3)14(10-12)18(22)20-19-17(21)11-24-15-7-5-4-6-13(15)2/h4-10H,11H2,1-3H3,(H,19,21)(H,20,22). The van der Waals surface area contributed by atoms with Crippen molar-refractivity contribution >= 4 is 11.8 Å². The summed E-state index contributed by atoms with van der Waals surface area (Å²) < 4.78 is 10.6. The normalized spacial score (nSPS) is 9.96. The van der Waals surface area contributed by atoms with Crippen LogP contribution >= 0.6 is 0 Å². The zero-order valence-electron chi connectivity index (χ0n) is 13.9. The molecule has 0 aromatic heterocycles. The van der Waals surface area contributed by atoms with Crippen molar-refractivity contribution in [2.24, 2.45) is 0 Å². The van der Waals surface area contributed by atoms with Crippen LogP contribution in [-0.2, 0) is 4.79 Å². The van der Waals surface area contributed by atoms with Crippen LogP contribution < -0.4 is 20.3 Å². The van der Waals surface area contributed by atoms with Gasteiger partial charge in [-0.3, -0.25) is 20.4 Å². The van der Waals surface area contributed by atoms with Crippen molar-refractivity contribution in [1.29, 1.82) is 0 Å². The van der Waals surface area contributed by atoms with Crippen molar-refractivity contribution in [3.8, 4) is 11.5 Å². The van der Waals surface area contributed by atoms with Gasteiger partial charge in [-0.1, -0.05) is 29.8 Å². The molecule has 0 heterocycles. The van der Waals surface area contributed by atoms with Crippen LogP contribution in [0, 0.1) is 13.8 Å². The van der Waals surface area contributed by atoms with Crippen molar-refractivity contribution in [2.45, 2.75) is 13.8 Å². The molecule has 0 aliphatic heterocycles. The summed E-state index contributed by atoms with van der Waals surface area (Å²) in [4.78, 5) is 24.0. The maximum atomic E-state index is 12.2. The van der Waals surface area contributed by atoms with E-state index in [-0.39, 0.29) is 6.61 Å². The highest BCUT2D eigenvalue weighted by molar-refractivity contribution is 5.98. The zero-order valence-corrected chi connectivity index (χ0v) is 13.9. The molecular weight excluding hydrogens is 308 g/mol. The fraction of sp³-hybridized carbons (Fsp3) is 0.222. The van der Waals surface area contributed by atoms with Gasteiger partial charge in [-0.25, -0.2) is 0 Å². The van der Waals surface area contributed by atoms with Crippen molar-refractivity contribution < 1.29 is 19.1 Å². The average Bonchev–Trinajstić information content (AvgIpc) is 2.59.